The lowest BCUT2D eigenvalue weighted by molar-refractivity contribution is 0.102. The van der Waals surface area contributed by atoms with Crippen LogP contribution in [0.2, 0.25) is 5.02 Å². The summed E-state index contributed by atoms with van der Waals surface area (Å²) in [6.07, 6.45) is 5.44. The van der Waals surface area contributed by atoms with Gasteiger partial charge in [-0.25, -0.2) is 0 Å². The monoisotopic (exact) mass is 358 g/mol. The molecule has 1 fully saturated rings. The Morgan fingerprint density at radius 3 is 2.76 bits per heavy atom. The van der Waals surface area contributed by atoms with Crippen LogP contribution < -0.4 is 10.9 Å². The highest BCUT2D eigenvalue weighted by Crippen LogP contribution is 2.44. The Morgan fingerprint density at radius 2 is 2.00 bits per heavy atom. The molecule has 25 heavy (non-hydrogen) atoms. The van der Waals surface area contributed by atoms with Gasteiger partial charge in [-0.3, -0.25) is 9.59 Å². The van der Waals surface area contributed by atoms with Gasteiger partial charge in [0, 0.05) is 22.0 Å². The summed E-state index contributed by atoms with van der Waals surface area (Å²) in [6, 6.07) is 5.31. The van der Waals surface area contributed by atoms with Gasteiger partial charge in [0.25, 0.3) is 11.5 Å². The topological polar surface area (TPSA) is 82.2 Å². The number of hydrogen-bond acceptors (Lipinski definition) is 3. The predicted molar refractivity (Wildman–Crippen MR) is 96.7 cm³/mol. The van der Waals surface area contributed by atoms with Gasteiger partial charge >= 0.3 is 0 Å². The van der Waals surface area contributed by atoms with E-state index in [4.69, 9.17) is 11.6 Å². The molecular formula is C19H19ClN2O3. The highest BCUT2D eigenvalue weighted by molar-refractivity contribution is 6.30. The van der Waals surface area contributed by atoms with E-state index in [1.165, 1.54) is 0 Å². The number of H-pyrrole nitrogens is 1. The minimum absolute atomic E-state index is 0.183. The second kappa shape index (κ2) is 6.23. The van der Waals surface area contributed by atoms with Crippen LogP contribution in [0.4, 0.5) is 5.69 Å². The van der Waals surface area contributed by atoms with Crippen LogP contribution >= 0.6 is 11.6 Å². The zero-order chi connectivity index (χ0) is 17.6. The summed E-state index contributed by atoms with van der Waals surface area (Å²) in [5, 5.41) is 13.9. The van der Waals surface area contributed by atoms with E-state index in [9.17, 15) is 14.7 Å². The average molecular weight is 359 g/mol. The third-order valence-corrected chi connectivity index (χ3v) is 5.22. The average Bonchev–Trinajstić information content (AvgIpc) is 3.41. The summed E-state index contributed by atoms with van der Waals surface area (Å²) >= 11 is 6.06. The smallest absolute Gasteiger partial charge is 0.265 e. The third-order valence-electron chi connectivity index (χ3n) is 4.99. The van der Waals surface area contributed by atoms with Crippen LogP contribution in [-0.4, -0.2) is 16.0 Å². The zero-order valence-corrected chi connectivity index (χ0v) is 14.4. The van der Waals surface area contributed by atoms with Crippen molar-refractivity contribution in [2.45, 2.75) is 44.4 Å². The second-order valence-electron chi connectivity index (χ2n) is 6.80. The fourth-order valence-electron chi connectivity index (χ4n) is 3.54. The van der Waals surface area contributed by atoms with Crippen LogP contribution in [0.5, 0.6) is 5.75 Å². The molecule has 1 saturated carbocycles. The molecule has 2 aliphatic rings. The Morgan fingerprint density at radius 1 is 1.24 bits per heavy atom. The minimum Gasteiger partial charge on any atom is -0.507 e. The first-order valence-electron chi connectivity index (χ1n) is 8.62. The van der Waals surface area contributed by atoms with Gasteiger partial charge in [0.1, 0.15) is 11.3 Å². The lowest BCUT2D eigenvalue weighted by Crippen LogP contribution is -2.26. The molecule has 1 heterocycles. The molecule has 5 nitrogen and oxygen atoms in total. The second-order valence-corrected chi connectivity index (χ2v) is 7.24. The number of carbonyl (C=O) groups is 1. The number of benzene rings is 1. The van der Waals surface area contributed by atoms with Gasteiger partial charge in [-0.15, -0.1) is 0 Å². The lowest BCUT2D eigenvalue weighted by Gasteiger charge is -2.18. The van der Waals surface area contributed by atoms with Crippen LogP contribution in [0.15, 0.2) is 23.0 Å². The third kappa shape index (κ3) is 3.04. The minimum atomic E-state index is -0.587. The summed E-state index contributed by atoms with van der Waals surface area (Å²) in [6.45, 7) is 0. The van der Waals surface area contributed by atoms with Crippen molar-refractivity contribution in [3.8, 4) is 5.75 Å². The number of fused-ring (bicyclic) bond motifs is 1. The number of anilines is 1. The Balaban J connectivity index is 1.70. The Kier molecular flexibility index (Phi) is 4.04. The number of carbonyl (C=O) groups excluding carboxylic acids is 1. The Labute approximate surface area is 150 Å². The van der Waals surface area contributed by atoms with Gasteiger partial charge in [0.05, 0.1) is 0 Å². The maximum absolute atomic E-state index is 12.7. The first-order valence-corrected chi connectivity index (χ1v) is 9.00. The molecule has 0 bridgehead atoms. The molecule has 0 aliphatic heterocycles. The number of nitrogens with one attached hydrogen (secondary N) is 2. The maximum atomic E-state index is 12.7. The van der Waals surface area contributed by atoms with Gasteiger partial charge < -0.3 is 15.4 Å². The van der Waals surface area contributed by atoms with Crippen molar-refractivity contribution >= 4 is 23.2 Å². The van der Waals surface area contributed by atoms with Crippen molar-refractivity contribution in [3.05, 3.63) is 56.0 Å². The zero-order valence-electron chi connectivity index (χ0n) is 13.7. The Hall–Kier alpha value is -2.27. The van der Waals surface area contributed by atoms with Crippen LogP contribution in [-0.2, 0) is 12.8 Å². The molecule has 0 unspecified atom stereocenters. The molecule has 2 aliphatic carbocycles. The van der Waals surface area contributed by atoms with Crippen LogP contribution in [0.1, 0.15) is 58.8 Å². The van der Waals surface area contributed by atoms with Crippen molar-refractivity contribution in [1.82, 2.24) is 4.98 Å². The molecule has 130 valence electrons. The SMILES string of the molecule is O=C(Nc1ccc(Cl)cc1C1CC1)c1c(O)c2c([nH]c1=O)CCCC2. The summed E-state index contributed by atoms with van der Waals surface area (Å²) in [5.41, 5.74) is 2.31. The van der Waals surface area contributed by atoms with Gasteiger partial charge in [-0.1, -0.05) is 11.6 Å². The van der Waals surface area contributed by atoms with Crippen molar-refractivity contribution in [2.75, 3.05) is 5.32 Å². The molecule has 3 N–H and O–H groups in total. The molecular weight excluding hydrogens is 340 g/mol. The van der Waals surface area contributed by atoms with Crippen LogP contribution in [0.25, 0.3) is 0 Å². The van der Waals surface area contributed by atoms with Crippen LogP contribution in [0, 0.1) is 0 Å². The molecule has 0 saturated heterocycles. The number of hydrogen-bond donors (Lipinski definition) is 3. The van der Waals surface area contributed by atoms with E-state index in [2.05, 4.69) is 10.3 Å². The van der Waals surface area contributed by atoms with E-state index in [1.54, 1.807) is 12.1 Å². The van der Waals surface area contributed by atoms with E-state index in [0.29, 0.717) is 28.6 Å². The standard InChI is InChI=1S/C19H19ClN2O3/c20-11-7-8-15(13(9-11)10-5-6-10)22-19(25)16-17(23)12-3-1-2-4-14(12)21-18(16)24/h7-10H,1-6H2,(H,22,25)(H2,21,23,24). The highest BCUT2D eigenvalue weighted by atomic mass is 35.5. The molecule has 0 atom stereocenters. The van der Waals surface area contributed by atoms with Gasteiger partial charge in [-0.05, 0) is 68.2 Å². The summed E-state index contributed by atoms with van der Waals surface area (Å²) < 4.78 is 0. The fraction of sp³-hybridized carbons (Fsp3) is 0.368. The van der Waals surface area contributed by atoms with E-state index >= 15 is 0 Å². The fourth-order valence-corrected chi connectivity index (χ4v) is 3.72. The van der Waals surface area contributed by atoms with Crippen molar-refractivity contribution in [2.24, 2.45) is 0 Å². The number of pyridine rings is 1. The quantitative estimate of drug-likeness (QED) is 0.781. The van der Waals surface area contributed by atoms with Crippen molar-refractivity contribution in [3.63, 3.8) is 0 Å². The first-order chi connectivity index (χ1) is 12.0. The van der Waals surface area contributed by atoms with Gasteiger partial charge in [0.2, 0.25) is 0 Å². The predicted octanol–water partition coefficient (Wildman–Crippen LogP) is 3.74. The molecule has 6 heteroatoms. The van der Waals surface area contributed by atoms with Crippen LogP contribution in [0.3, 0.4) is 0 Å². The number of amides is 1. The normalized spacial score (nSPS) is 16.4. The van der Waals surface area contributed by atoms with Gasteiger partial charge in [-0.2, -0.15) is 0 Å². The summed E-state index contributed by atoms with van der Waals surface area (Å²) in [5.74, 6) is -0.376. The van der Waals surface area contributed by atoms with E-state index in [-0.39, 0.29) is 11.3 Å². The first kappa shape index (κ1) is 16.2. The highest BCUT2D eigenvalue weighted by Gasteiger charge is 2.28. The number of aromatic amines is 1. The molecule has 4 rings (SSSR count). The molecule has 0 spiro atoms. The summed E-state index contributed by atoms with van der Waals surface area (Å²) in [4.78, 5) is 27.8. The van der Waals surface area contributed by atoms with E-state index < -0.39 is 11.5 Å². The van der Waals surface area contributed by atoms with E-state index in [0.717, 1.165) is 43.4 Å². The van der Waals surface area contributed by atoms with Crippen molar-refractivity contribution < 1.29 is 9.90 Å². The molecule has 1 amide bonds. The van der Waals surface area contributed by atoms with E-state index in [1.807, 2.05) is 6.07 Å². The summed E-state index contributed by atoms with van der Waals surface area (Å²) in [7, 11) is 0. The number of aryl methyl sites for hydroxylation is 1. The molecule has 1 aromatic heterocycles. The molecule has 1 aromatic carbocycles. The van der Waals surface area contributed by atoms with Gasteiger partial charge in [0.15, 0.2) is 0 Å². The number of halogens is 1. The lowest BCUT2D eigenvalue weighted by atomic mass is 9.93. The Bertz CT molecular complexity index is 916. The number of aromatic nitrogens is 1. The maximum Gasteiger partial charge on any atom is 0.265 e. The number of aromatic hydroxyl groups is 1. The number of rotatable bonds is 3. The molecule has 0 radical (unpaired) electrons. The largest absolute Gasteiger partial charge is 0.507 e. The molecule has 2 aromatic rings. The van der Waals surface area contributed by atoms with Crippen molar-refractivity contribution in [1.29, 1.82) is 0 Å².